The van der Waals surface area contributed by atoms with Crippen LogP contribution in [0, 0.1) is 5.92 Å². The van der Waals surface area contributed by atoms with Crippen LogP contribution in [0.3, 0.4) is 0 Å². The fourth-order valence-electron chi connectivity index (χ4n) is 4.03. The third kappa shape index (κ3) is 12.1. The number of alkyl carbamates (subject to hydrolysis) is 1. The summed E-state index contributed by atoms with van der Waals surface area (Å²) in [6.45, 7) is 3.39. The van der Waals surface area contributed by atoms with Crippen molar-refractivity contribution in [3.63, 3.8) is 0 Å². The van der Waals surface area contributed by atoms with Crippen LogP contribution in [-0.4, -0.2) is 59.1 Å². The van der Waals surface area contributed by atoms with E-state index in [9.17, 15) is 29.1 Å². The number of aliphatic hydroxyl groups excluding tert-OH is 1. The van der Waals surface area contributed by atoms with Gasteiger partial charge < -0.3 is 37.3 Å². The third-order valence-electron chi connectivity index (χ3n) is 6.28. The van der Waals surface area contributed by atoms with E-state index in [4.69, 9.17) is 16.2 Å². The van der Waals surface area contributed by atoms with Gasteiger partial charge in [-0.25, -0.2) is 4.79 Å². The fourth-order valence-corrected chi connectivity index (χ4v) is 4.03. The van der Waals surface area contributed by atoms with E-state index in [1.807, 2.05) is 36.4 Å². The van der Waals surface area contributed by atoms with Gasteiger partial charge in [0.1, 0.15) is 18.7 Å². The zero-order valence-electron chi connectivity index (χ0n) is 23.2. The molecule has 0 saturated heterocycles. The van der Waals surface area contributed by atoms with Gasteiger partial charge in [-0.2, -0.15) is 0 Å². The second kappa shape index (κ2) is 16.6. The Morgan fingerprint density at radius 3 is 1.98 bits per heavy atom. The molecule has 0 aliphatic heterocycles. The van der Waals surface area contributed by atoms with Crippen LogP contribution >= 0.6 is 0 Å². The molecule has 8 N–H and O–H groups in total. The van der Waals surface area contributed by atoms with Crippen molar-refractivity contribution in [2.75, 3.05) is 0 Å². The van der Waals surface area contributed by atoms with Gasteiger partial charge in [0.2, 0.25) is 23.6 Å². The minimum absolute atomic E-state index is 0.0145. The Morgan fingerprint density at radius 1 is 0.854 bits per heavy atom. The van der Waals surface area contributed by atoms with Crippen LogP contribution in [0.2, 0.25) is 0 Å². The van der Waals surface area contributed by atoms with Gasteiger partial charge in [0.05, 0.1) is 18.6 Å². The predicted molar refractivity (Wildman–Crippen MR) is 151 cm³/mol. The molecule has 0 unspecified atom stereocenters. The molecule has 222 valence electrons. The van der Waals surface area contributed by atoms with Crippen molar-refractivity contribution in [2.24, 2.45) is 17.4 Å². The minimum Gasteiger partial charge on any atom is -0.445 e. The molecule has 2 aromatic carbocycles. The van der Waals surface area contributed by atoms with E-state index in [1.165, 1.54) is 0 Å². The number of primary amides is 2. The molecule has 0 aliphatic carbocycles. The number of nitrogens with one attached hydrogen (secondary N) is 3. The summed E-state index contributed by atoms with van der Waals surface area (Å²) in [6.07, 6.45) is -2.79. The summed E-state index contributed by atoms with van der Waals surface area (Å²) in [4.78, 5) is 61.4. The maximum atomic E-state index is 12.9. The lowest BCUT2D eigenvalue weighted by Gasteiger charge is -2.26. The van der Waals surface area contributed by atoms with Crippen LogP contribution in [-0.2, 0) is 36.9 Å². The summed E-state index contributed by atoms with van der Waals surface area (Å²) >= 11 is 0. The zero-order valence-corrected chi connectivity index (χ0v) is 23.2. The lowest BCUT2D eigenvalue weighted by molar-refractivity contribution is -0.133. The molecule has 2 rings (SSSR count). The van der Waals surface area contributed by atoms with E-state index in [-0.39, 0.29) is 31.8 Å². The molecule has 0 heterocycles. The number of aliphatic hydroxyl groups is 1. The van der Waals surface area contributed by atoms with Crippen LogP contribution < -0.4 is 27.4 Å². The van der Waals surface area contributed by atoms with Gasteiger partial charge >= 0.3 is 6.09 Å². The van der Waals surface area contributed by atoms with E-state index >= 15 is 0 Å². The SMILES string of the molecule is CC(C)[C@H](NC(=O)[C@H](CCC(N)=O)NC(=O)C[C@H](O)[C@H](Cc1ccccc1)NC(=O)OCc1ccccc1)C(N)=O. The Hall–Kier alpha value is -4.45. The largest absolute Gasteiger partial charge is 0.445 e. The number of rotatable bonds is 16. The zero-order chi connectivity index (χ0) is 30.4. The summed E-state index contributed by atoms with van der Waals surface area (Å²) in [7, 11) is 0. The maximum absolute atomic E-state index is 12.9. The van der Waals surface area contributed by atoms with E-state index in [0.717, 1.165) is 11.1 Å². The monoisotopic (exact) mass is 569 g/mol. The molecule has 0 spiro atoms. The maximum Gasteiger partial charge on any atom is 0.407 e. The summed E-state index contributed by atoms with van der Waals surface area (Å²) in [5.74, 6) is -3.21. The van der Waals surface area contributed by atoms with Crippen molar-refractivity contribution in [2.45, 2.75) is 70.4 Å². The molecule has 0 saturated carbocycles. The molecule has 0 bridgehead atoms. The van der Waals surface area contributed by atoms with E-state index in [1.54, 1.807) is 38.1 Å². The van der Waals surface area contributed by atoms with Gasteiger partial charge in [-0.15, -0.1) is 0 Å². The number of amides is 5. The average molecular weight is 570 g/mol. The summed E-state index contributed by atoms with van der Waals surface area (Å²) in [5.41, 5.74) is 12.2. The van der Waals surface area contributed by atoms with Gasteiger partial charge in [-0.05, 0) is 29.9 Å². The highest BCUT2D eigenvalue weighted by Crippen LogP contribution is 2.11. The van der Waals surface area contributed by atoms with Crippen LogP contribution in [0.4, 0.5) is 4.79 Å². The highest BCUT2D eigenvalue weighted by Gasteiger charge is 2.30. The topological polar surface area (TPSA) is 203 Å². The van der Waals surface area contributed by atoms with Crippen molar-refractivity contribution in [3.05, 3.63) is 71.8 Å². The molecule has 0 aromatic heterocycles. The first-order chi connectivity index (χ1) is 19.5. The first-order valence-corrected chi connectivity index (χ1v) is 13.3. The molecule has 41 heavy (non-hydrogen) atoms. The molecular formula is C29H39N5O7. The van der Waals surface area contributed by atoms with Gasteiger partial charge in [0.25, 0.3) is 0 Å². The summed E-state index contributed by atoms with van der Waals surface area (Å²) in [5, 5.41) is 18.6. The molecule has 0 radical (unpaired) electrons. The van der Waals surface area contributed by atoms with Crippen molar-refractivity contribution in [1.29, 1.82) is 0 Å². The average Bonchev–Trinajstić information content (AvgIpc) is 2.93. The summed E-state index contributed by atoms with van der Waals surface area (Å²) in [6, 6.07) is 15.0. The number of nitrogens with two attached hydrogens (primary N) is 2. The molecule has 12 nitrogen and oxygen atoms in total. The lowest BCUT2D eigenvalue weighted by atomic mass is 9.98. The van der Waals surface area contributed by atoms with Crippen molar-refractivity contribution >= 4 is 29.7 Å². The Labute approximate surface area is 239 Å². The van der Waals surface area contributed by atoms with E-state index in [2.05, 4.69) is 16.0 Å². The highest BCUT2D eigenvalue weighted by molar-refractivity contribution is 5.92. The molecule has 4 atom stereocenters. The number of hydrogen-bond acceptors (Lipinski definition) is 7. The quantitative estimate of drug-likeness (QED) is 0.170. The number of ether oxygens (including phenoxy) is 1. The van der Waals surface area contributed by atoms with Gasteiger partial charge in [-0.3, -0.25) is 19.2 Å². The Morgan fingerprint density at radius 2 is 1.44 bits per heavy atom. The molecule has 2 aromatic rings. The second-order valence-corrected chi connectivity index (χ2v) is 10.0. The number of hydrogen-bond donors (Lipinski definition) is 6. The van der Waals surface area contributed by atoms with Crippen LogP contribution in [0.25, 0.3) is 0 Å². The lowest BCUT2D eigenvalue weighted by Crippen LogP contribution is -2.55. The van der Waals surface area contributed by atoms with Crippen molar-refractivity contribution < 1.29 is 33.8 Å². The highest BCUT2D eigenvalue weighted by atomic mass is 16.5. The molecule has 0 aliphatic rings. The molecule has 12 heteroatoms. The minimum atomic E-state index is -1.37. The van der Waals surface area contributed by atoms with Crippen LogP contribution in [0.15, 0.2) is 60.7 Å². The molecular weight excluding hydrogens is 530 g/mol. The van der Waals surface area contributed by atoms with E-state index in [0.29, 0.717) is 0 Å². The van der Waals surface area contributed by atoms with Crippen LogP contribution in [0.5, 0.6) is 0 Å². The van der Waals surface area contributed by atoms with Crippen molar-refractivity contribution in [1.82, 2.24) is 16.0 Å². The first-order valence-electron chi connectivity index (χ1n) is 13.3. The molecule has 0 fully saturated rings. The standard InChI is InChI=1S/C29H39N5O7/c1-18(2)26(27(31)38)34-28(39)21(13-14-24(30)36)32-25(37)16-23(35)22(15-19-9-5-3-6-10-19)33-29(40)41-17-20-11-7-4-8-12-20/h3-12,18,21-23,26,35H,13-17H2,1-2H3,(H2,30,36)(H2,31,38)(H,32,37)(H,33,40)(H,34,39)/t21-,22-,23-,26-/m0/s1. The second-order valence-electron chi connectivity index (χ2n) is 10.0. The number of benzene rings is 2. The Balaban J connectivity index is 2.10. The number of carbonyl (C=O) groups excluding carboxylic acids is 5. The van der Waals surface area contributed by atoms with Gasteiger partial charge in [0, 0.05) is 6.42 Å². The third-order valence-corrected chi connectivity index (χ3v) is 6.28. The van der Waals surface area contributed by atoms with Gasteiger partial charge in [0.15, 0.2) is 0 Å². The normalized spacial score (nSPS) is 13.8. The van der Waals surface area contributed by atoms with Crippen LogP contribution in [0.1, 0.15) is 44.2 Å². The Kier molecular flexibility index (Phi) is 13.3. The van der Waals surface area contributed by atoms with Crippen molar-refractivity contribution in [3.8, 4) is 0 Å². The predicted octanol–water partition coefficient (Wildman–Crippen LogP) is 0.652. The Bertz CT molecular complexity index is 1160. The number of carbonyl (C=O) groups is 5. The fraction of sp³-hybridized carbons (Fsp3) is 0.414. The first kappa shape index (κ1) is 32.8. The molecule has 5 amide bonds. The summed E-state index contributed by atoms with van der Waals surface area (Å²) < 4.78 is 5.28. The smallest absolute Gasteiger partial charge is 0.407 e. The van der Waals surface area contributed by atoms with E-state index < -0.39 is 60.4 Å². The van der Waals surface area contributed by atoms with Gasteiger partial charge in [-0.1, -0.05) is 74.5 Å².